The van der Waals surface area contributed by atoms with Crippen molar-refractivity contribution in [2.45, 2.75) is 19.3 Å². The van der Waals surface area contributed by atoms with Gasteiger partial charge in [-0.05, 0) is 13.0 Å². The number of rotatable bonds is 2. The third kappa shape index (κ3) is 3.02. The van der Waals surface area contributed by atoms with Gasteiger partial charge in [-0.2, -0.15) is 0 Å². The Labute approximate surface area is 63.3 Å². The topological polar surface area (TPSA) is 25.8 Å². The van der Waals surface area contributed by atoms with Crippen molar-refractivity contribution in [2.24, 2.45) is 0 Å². The summed E-state index contributed by atoms with van der Waals surface area (Å²) in [5.41, 5.74) is 0. The highest BCUT2D eigenvalue weighted by Gasteiger charge is 2.22. The first-order chi connectivity index (χ1) is 5.08. The van der Waals surface area contributed by atoms with Gasteiger partial charge in [0.15, 0.2) is 0 Å². The zero-order chi connectivity index (χ0) is 8.32. The summed E-state index contributed by atoms with van der Waals surface area (Å²) in [7, 11) is 0. The predicted molar refractivity (Wildman–Crippen MR) is 36.4 cm³/mol. The Morgan fingerprint density at radius 3 is 2.36 bits per heavy atom. The molecule has 0 aliphatic carbocycles. The minimum absolute atomic E-state index is 0.181. The SMILES string of the molecule is CC(F)(F)Cc1ncccn1. The van der Waals surface area contributed by atoms with Crippen LogP contribution < -0.4 is 0 Å². The summed E-state index contributed by atoms with van der Waals surface area (Å²) in [6.45, 7) is 0.851. The smallest absolute Gasteiger partial charge is 0.241 e. The van der Waals surface area contributed by atoms with Crippen molar-refractivity contribution >= 4 is 0 Å². The Morgan fingerprint density at radius 1 is 1.36 bits per heavy atom. The summed E-state index contributed by atoms with van der Waals surface area (Å²) in [6, 6.07) is 1.59. The van der Waals surface area contributed by atoms with E-state index < -0.39 is 12.3 Å². The molecule has 1 aromatic rings. The van der Waals surface area contributed by atoms with Gasteiger partial charge in [0.1, 0.15) is 5.82 Å². The molecule has 4 heteroatoms. The number of alkyl halides is 2. The monoisotopic (exact) mass is 158 g/mol. The molecule has 2 nitrogen and oxygen atoms in total. The summed E-state index contributed by atoms with van der Waals surface area (Å²) >= 11 is 0. The first kappa shape index (κ1) is 8.04. The summed E-state index contributed by atoms with van der Waals surface area (Å²) in [4.78, 5) is 7.35. The summed E-state index contributed by atoms with van der Waals surface area (Å²) in [5, 5.41) is 0. The fraction of sp³-hybridized carbons (Fsp3) is 0.429. The molecule has 0 aliphatic heterocycles. The van der Waals surface area contributed by atoms with Gasteiger partial charge in [0.05, 0.1) is 6.42 Å². The van der Waals surface area contributed by atoms with Crippen molar-refractivity contribution in [1.29, 1.82) is 0 Å². The van der Waals surface area contributed by atoms with Crippen molar-refractivity contribution < 1.29 is 8.78 Å². The van der Waals surface area contributed by atoms with E-state index in [0.29, 0.717) is 0 Å². The normalized spacial score (nSPS) is 11.5. The van der Waals surface area contributed by atoms with Gasteiger partial charge in [-0.3, -0.25) is 0 Å². The van der Waals surface area contributed by atoms with Crippen LogP contribution in [0.3, 0.4) is 0 Å². The predicted octanol–water partition coefficient (Wildman–Crippen LogP) is 1.67. The van der Waals surface area contributed by atoms with Gasteiger partial charge in [-0.15, -0.1) is 0 Å². The second-order valence-corrected chi connectivity index (χ2v) is 2.41. The van der Waals surface area contributed by atoms with Gasteiger partial charge in [0.2, 0.25) is 0 Å². The molecule has 0 unspecified atom stereocenters. The van der Waals surface area contributed by atoms with Crippen LogP contribution in [0.25, 0.3) is 0 Å². The van der Waals surface area contributed by atoms with E-state index in [2.05, 4.69) is 9.97 Å². The molecular formula is C7H8F2N2. The first-order valence-electron chi connectivity index (χ1n) is 3.22. The van der Waals surface area contributed by atoms with Crippen LogP contribution in [0.15, 0.2) is 18.5 Å². The van der Waals surface area contributed by atoms with E-state index in [-0.39, 0.29) is 5.82 Å². The van der Waals surface area contributed by atoms with Gasteiger partial charge < -0.3 is 0 Å². The van der Waals surface area contributed by atoms with Crippen LogP contribution in [-0.4, -0.2) is 15.9 Å². The van der Waals surface area contributed by atoms with Crippen LogP contribution in [0, 0.1) is 0 Å². The molecule has 1 aromatic heterocycles. The van der Waals surface area contributed by atoms with Crippen LogP contribution in [-0.2, 0) is 6.42 Å². The third-order valence-electron chi connectivity index (χ3n) is 1.09. The van der Waals surface area contributed by atoms with Crippen molar-refractivity contribution in [1.82, 2.24) is 9.97 Å². The average Bonchev–Trinajstić information content (AvgIpc) is 1.85. The van der Waals surface area contributed by atoms with Crippen LogP contribution in [0.4, 0.5) is 8.78 Å². The molecule has 60 valence electrons. The average molecular weight is 158 g/mol. The van der Waals surface area contributed by atoms with Crippen molar-refractivity contribution in [2.75, 3.05) is 0 Å². The quantitative estimate of drug-likeness (QED) is 0.654. The molecule has 0 N–H and O–H groups in total. The highest BCUT2D eigenvalue weighted by atomic mass is 19.3. The van der Waals surface area contributed by atoms with Crippen LogP contribution >= 0.6 is 0 Å². The lowest BCUT2D eigenvalue weighted by molar-refractivity contribution is 0.0206. The molecule has 0 aromatic carbocycles. The molecule has 0 amide bonds. The summed E-state index contributed by atoms with van der Waals surface area (Å²) in [6.07, 6.45) is 2.51. The lowest BCUT2D eigenvalue weighted by atomic mass is 10.2. The molecule has 0 spiro atoms. The molecule has 0 saturated carbocycles. The van der Waals surface area contributed by atoms with Crippen LogP contribution in [0.5, 0.6) is 0 Å². The van der Waals surface area contributed by atoms with Gasteiger partial charge in [-0.1, -0.05) is 0 Å². The highest BCUT2D eigenvalue weighted by molar-refractivity contribution is 4.91. The molecule has 0 atom stereocenters. The molecule has 0 bridgehead atoms. The molecule has 0 saturated heterocycles. The first-order valence-corrected chi connectivity index (χ1v) is 3.22. The van der Waals surface area contributed by atoms with E-state index in [1.54, 1.807) is 6.07 Å². The van der Waals surface area contributed by atoms with Crippen molar-refractivity contribution in [3.05, 3.63) is 24.3 Å². The van der Waals surface area contributed by atoms with E-state index in [1.165, 1.54) is 12.4 Å². The van der Waals surface area contributed by atoms with Crippen LogP contribution in [0.2, 0.25) is 0 Å². The number of hydrogen-bond donors (Lipinski definition) is 0. The molecule has 0 radical (unpaired) electrons. The lowest BCUT2D eigenvalue weighted by Crippen LogP contribution is -2.15. The second kappa shape index (κ2) is 2.90. The molecule has 1 heterocycles. The van der Waals surface area contributed by atoms with E-state index in [1.807, 2.05) is 0 Å². The Kier molecular flexibility index (Phi) is 2.12. The summed E-state index contributed by atoms with van der Waals surface area (Å²) < 4.78 is 24.7. The molecule has 11 heavy (non-hydrogen) atoms. The Balaban J connectivity index is 2.66. The van der Waals surface area contributed by atoms with Crippen molar-refractivity contribution in [3.8, 4) is 0 Å². The minimum Gasteiger partial charge on any atom is -0.241 e. The van der Waals surface area contributed by atoms with Gasteiger partial charge in [0.25, 0.3) is 5.92 Å². The maximum Gasteiger partial charge on any atom is 0.252 e. The number of nitrogens with zero attached hydrogens (tertiary/aromatic N) is 2. The fourth-order valence-electron chi connectivity index (χ4n) is 0.699. The van der Waals surface area contributed by atoms with E-state index in [4.69, 9.17) is 0 Å². The summed E-state index contributed by atoms with van der Waals surface area (Å²) in [5.74, 6) is -2.54. The molecule has 0 fully saturated rings. The highest BCUT2D eigenvalue weighted by Crippen LogP contribution is 2.15. The zero-order valence-corrected chi connectivity index (χ0v) is 6.09. The maximum absolute atomic E-state index is 12.3. The van der Waals surface area contributed by atoms with E-state index in [9.17, 15) is 8.78 Å². The van der Waals surface area contributed by atoms with Gasteiger partial charge >= 0.3 is 0 Å². The molecule has 1 rings (SSSR count). The van der Waals surface area contributed by atoms with Crippen LogP contribution in [0.1, 0.15) is 12.7 Å². The fourth-order valence-corrected chi connectivity index (χ4v) is 0.699. The standard InChI is InChI=1S/C7H8F2N2/c1-7(8,9)5-6-10-3-2-4-11-6/h2-4H,5H2,1H3. The van der Waals surface area contributed by atoms with Gasteiger partial charge in [-0.25, -0.2) is 18.7 Å². The number of halogens is 2. The number of hydrogen-bond acceptors (Lipinski definition) is 2. The second-order valence-electron chi connectivity index (χ2n) is 2.41. The maximum atomic E-state index is 12.3. The van der Waals surface area contributed by atoms with E-state index >= 15 is 0 Å². The minimum atomic E-state index is -2.72. The van der Waals surface area contributed by atoms with Crippen molar-refractivity contribution in [3.63, 3.8) is 0 Å². The zero-order valence-electron chi connectivity index (χ0n) is 6.09. The Bertz CT molecular complexity index is 218. The number of aromatic nitrogens is 2. The third-order valence-corrected chi connectivity index (χ3v) is 1.09. The molecular weight excluding hydrogens is 150 g/mol. The lowest BCUT2D eigenvalue weighted by Gasteiger charge is -2.06. The Hall–Kier alpha value is -1.06. The Morgan fingerprint density at radius 2 is 1.91 bits per heavy atom. The molecule has 0 aliphatic rings. The van der Waals surface area contributed by atoms with E-state index in [0.717, 1.165) is 6.92 Å². The van der Waals surface area contributed by atoms with Gasteiger partial charge in [0, 0.05) is 12.4 Å². The largest absolute Gasteiger partial charge is 0.252 e.